The molecule has 0 fully saturated rings. The Morgan fingerprint density at radius 2 is 2.05 bits per heavy atom. The molecule has 0 amide bonds. The van der Waals surface area contributed by atoms with Crippen molar-refractivity contribution in [3.05, 3.63) is 48.2 Å². The van der Waals surface area contributed by atoms with E-state index in [-0.39, 0.29) is 0 Å². The fourth-order valence-corrected chi connectivity index (χ4v) is 2.62. The molecule has 0 aliphatic carbocycles. The number of allylic oxidation sites excluding steroid dienone is 1. The lowest BCUT2D eigenvalue weighted by Crippen LogP contribution is -2.22. The number of fused-ring (bicyclic) bond motifs is 1. The Labute approximate surface area is 128 Å². The summed E-state index contributed by atoms with van der Waals surface area (Å²) in [5, 5.41) is 4.91. The van der Waals surface area contributed by atoms with Gasteiger partial charge in [-0.3, -0.25) is 0 Å². The van der Waals surface area contributed by atoms with E-state index in [1.165, 1.54) is 22.0 Å². The van der Waals surface area contributed by atoms with Crippen molar-refractivity contribution < 1.29 is 0 Å². The fourth-order valence-electron chi connectivity index (χ4n) is 2.62. The lowest BCUT2D eigenvalue weighted by atomic mass is 10.1. The van der Waals surface area contributed by atoms with Crippen LogP contribution in [0, 0.1) is 5.92 Å². The number of benzene rings is 1. The molecule has 1 aromatic heterocycles. The summed E-state index contributed by atoms with van der Waals surface area (Å²) in [5.74, 6) is 0.708. The minimum Gasteiger partial charge on any atom is -0.343 e. The normalized spacial score (nSPS) is 11.4. The van der Waals surface area contributed by atoms with Gasteiger partial charge in [-0.2, -0.15) is 0 Å². The summed E-state index contributed by atoms with van der Waals surface area (Å²) in [6.45, 7) is 13.9. The topological polar surface area (TPSA) is 17.0 Å². The van der Waals surface area contributed by atoms with Gasteiger partial charge in [0, 0.05) is 23.6 Å². The highest BCUT2D eigenvalue weighted by atomic mass is 15.0. The number of hydrogen-bond acceptors (Lipinski definition) is 1. The van der Waals surface area contributed by atoms with Crippen LogP contribution < -0.4 is 5.32 Å². The van der Waals surface area contributed by atoms with Crippen LogP contribution in [0.1, 0.15) is 32.8 Å². The third kappa shape index (κ3) is 4.21. The predicted octanol–water partition coefficient (Wildman–Crippen LogP) is 4.40. The third-order valence-corrected chi connectivity index (χ3v) is 3.89. The van der Waals surface area contributed by atoms with Crippen molar-refractivity contribution in [3.8, 4) is 0 Å². The smallest absolute Gasteiger partial charge is 0.0486 e. The number of aromatic nitrogens is 1. The molecule has 0 unspecified atom stereocenters. The van der Waals surface area contributed by atoms with Gasteiger partial charge in [-0.15, -0.1) is 0 Å². The average Bonchev–Trinajstić information content (AvgIpc) is 2.82. The molecule has 1 heterocycles. The first-order chi connectivity index (χ1) is 10.1. The molecule has 0 radical (unpaired) electrons. The molecule has 0 aliphatic rings. The molecule has 1 aromatic carbocycles. The monoisotopic (exact) mass is 284 g/mol. The van der Waals surface area contributed by atoms with Crippen LogP contribution in [0.15, 0.2) is 42.6 Å². The molecule has 2 heteroatoms. The second-order valence-corrected chi connectivity index (χ2v) is 6.25. The first kappa shape index (κ1) is 15.8. The first-order valence-electron chi connectivity index (χ1n) is 8.06. The largest absolute Gasteiger partial charge is 0.343 e. The van der Waals surface area contributed by atoms with Gasteiger partial charge in [0.15, 0.2) is 0 Å². The van der Waals surface area contributed by atoms with Crippen LogP contribution in [-0.4, -0.2) is 17.7 Å². The van der Waals surface area contributed by atoms with Crippen LogP contribution in [0.3, 0.4) is 0 Å². The molecule has 0 bridgehead atoms. The molecule has 1 N–H and O–H groups in total. The van der Waals surface area contributed by atoms with Crippen molar-refractivity contribution in [2.45, 2.75) is 40.2 Å². The maximum absolute atomic E-state index is 4.15. The van der Waals surface area contributed by atoms with E-state index >= 15 is 0 Å². The van der Waals surface area contributed by atoms with Gasteiger partial charge in [-0.1, -0.05) is 51.1 Å². The summed E-state index contributed by atoms with van der Waals surface area (Å²) in [5.41, 5.74) is 4.04. The van der Waals surface area contributed by atoms with Crippen LogP contribution >= 0.6 is 0 Å². The molecule has 0 saturated heterocycles. The van der Waals surface area contributed by atoms with E-state index in [0.29, 0.717) is 5.92 Å². The zero-order valence-corrected chi connectivity index (χ0v) is 13.7. The fraction of sp³-hybridized carbons (Fsp3) is 0.474. The molecule has 21 heavy (non-hydrogen) atoms. The zero-order valence-electron chi connectivity index (χ0n) is 13.7. The van der Waals surface area contributed by atoms with E-state index in [1.807, 2.05) is 0 Å². The Bertz CT molecular complexity index is 593. The highest BCUT2D eigenvalue weighted by molar-refractivity contribution is 5.84. The molecule has 114 valence electrons. The van der Waals surface area contributed by atoms with Crippen molar-refractivity contribution in [1.29, 1.82) is 0 Å². The van der Waals surface area contributed by atoms with E-state index in [4.69, 9.17) is 0 Å². The van der Waals surface area contributed by atoms with Gasteiger partial charge in [0.05, 0.1) is 0 Å². The molecule has 0 saturated carbocycles. The Hall–Kier alpha value is -1.54. The van der Waals surface area contributed by atoms with Crippen LogP contribution in [-0.2, 0) is 13.0 Å². The third-order valence-electron chi connectivity index (χ3n) is 3.89. The van der Waals surface area contributed by atoms with Crippen molar-refractivity contribution in [3.63, 3.8) is 0 Å². The van der Waals surface area contributed by atoms with E-state index in [0.717, 1.165) is 32.5 Å². The van der Waals surface area contributed by atoms with Crippen LogP contribution in [0.2, 0.25) is 0 Å². The molecule has 2 nitrogen and oxygen atoms in total. The average molecular weight is 284 g/mol. The minimum atomic E-state index is 0.708. The van der Waals surface area contributed by atoms with Crippen molar-refractivity contribution in [2.75, 3.05) is 13.1 Å². The number of hydrogen-bond donors (Lipinski definition) is 1. The first-order valence-corrected chi connectivity index (χ1v) is 8.06. The lowest BCUT2D eigenvalue weighted by Gasteiger charge is -2.06. The summed E-state index contributed by atoms with van der Waals surface area (Å²) in [6, 6.07) is 8.70. The molecule has 0 aliphatic heterocycles. The van der Waals surface area contributed by atoms with Gasteiger partial charge in [0.2, 0.25) is 0 Å². The molecule has 2 rings (SSSR count). The van der Waals surface area contributed by atoms with Gasteiger partial charge in [0.1, 0.15) is 0 Å². The Morgan fingerprint density at radius 1 is 1.29 bits per heavy atom. The number of para-hydroxylation sites is 1. The lowest BCUT2D eigenvalue weighted by molar-refractivity contribution is 0.554. The second kappa shape index (κ2) is 7.46. The van der Waals surface area contributed by atoms with Crippen molar-refractivity contribution in [2.24, 2.45) is 5.92 Å². The zero-order chi connectivity index (χ0) is 15.2. The standard InChI is InChI=1S/C19H28N2/c1-5-16(4)13-21-14-17(10-11-20-12-15(2)3)18-8-6-7-9-19(18)21/h6-9,14-15,20H,4-5,10-13H2,1-3H3. The van der Waals surface area contributed by atoms with Gasteiger partial charge < -0.3 is 9.88 Å². The van der Waals surface area contributed by atoms with Crippen molar-refractivity contribution in [1.82, 2.24) is 9.88 Å². The summed E-state index contributed by atoms with van der Waals surface area (Å²) in [4.78, 5) is 0. The minimum absolute atomic E-state index is 0.708. The van der Waals surface area contributed by atoms with E-state index in [1.54, 1.807) is 0 Å². The summed E-state index contributed by atoms with van der Waals surface area (Å²) < 4.78 is 2.35. The van der Waals surface area contributed by atoms with Crippen LogP contribution in [0.4, 0.5) is 0 Å². The molecule has 0 atom stereocenters. The highest BCUT2D eigenvalue weighted by Crippen LogP contribution is 2.22. The Balaban J connectivity index is 2.13. The van der Waals surface area contributed by atoms with E-state index in [2.05, 4.69) is 67.7 Å². The second-order valence-electron chi connectivity index (χ2n) is 6.25. The van der Waals surface area contributed by atoms with Gasteiger partial charge in [0.25, 0.3) is 0 Å². The predicted molar refractivity (Wildman–Crippen MR) is 92.8 cm³/mol. The van der Waals surface area contributed by atoms with Crippen LogP contribution in [0.5, 0.6) is 0 Å². The van der Waals surface area contributed by atoms with E-state index in [9.17, 15) is 0 Å². The van der Waals surface area contributed by atoms with E-state index < -0.39 is 0 Å². The Kier molecular flexibility index (Phi) is 5.63. The molecular weight excluding hydrogens is 256 g/mol. The van der Waals surface area contributed by atoms with Gasteiger partial charge >= 0.3 is 0 Å². The van der Waals surface area contributed by atoms with Gasteiger partial charge in [-0.05, 0) is 43.5 Å². The molecule has 0 spiro atoms. The number of rotatable bonds is 8. The summed E-state index contributed by atoms with van der Waals surface area (Å²) in [6.07, 6.45) is 4.43. The quantitative estimate of drug-likeness (QED) is 0.562. The Morgan fingerprint density at radius 3 is 2.76 bits per heavy atom. The maximum atomic E-state index is 4.15. The van der Waals surface area contributed by atoms with Crippen molar-refractivity contribution >= 4 is 10.9 Å². The summed E-state index contributed by atoms with van der Waals surface area (Å²) in [7, 11) is 0. The highest BCUT2D eigenvalue weighted by Gasteiger charge is 2.08. The van der Waals surface area contributed by atoms with Crippen LogP contribution in [0.25, 0.3) is 10.9 Å². The maximum Gasteiger partial charge on any atom is 0.0486 e. The summed E-state index contributed by atoms with van der Waals surface area (Å²) >= 11 is 0. The molecule has 2 aromatic rings. The molecular formula is C19H28N2. The SMILES string of the molecule is C=C(CC)Cn1cc(CCNCC(C)C)c2ccccc21. The number of nitrogens with zero attached hydrogens (tertiary/aromatic N) is 1. The van der Waals surface area contributed by atoms with Gasteiger partial charge in [-0.25, -0.2) is 0 Å². The number of nitrogens with one attached hydrogen (secondary N) is 1.